The van der Waals surface area contributed by atoms with Crippen molar-refractivity contribution >= 4 is 27.8 Å². The Labute approximate surface area is 214 Å². The zero-order valence-corrected chi connectivity index (χ0v) is 21.7. The van der Waals surface area contributed by atoms with Gasteiger partial charge in [0.25, 0.3) is 5.91 Å². The number of likely N-dealkylation sites (tertiary alicyclic amines) is 2. The van der Waals surface area contributed by atoms with Crippen LogP contribution < -0.4 is 4.74 Å². The highest BCUT2D eigenvalue weighted by molar-refractivity contribution is 9.10. The highest BCUT2D eigenvalue weighted by atomic mass is 79.9. The Morgan fingerprint density at radius 2 is 1.77 bits per heavy atom. The minimum Gasteiger partial charge on any atom is -0.483 e. The first kappa shape index (κ1) is 25.6. The summed E-state index contributed by atoms with van der Waals surface area (Å²) < 4.78 is 24.8. The third-order valence-corrected chi connectivity index (χ3v) is 7.61. The van der Waals surface area contributed by atoms with Gasteiger partial charge in [-0.2, -0.15) is 0 Å². The Bertz CT molecular complexity index is 1030. The Morgan fingerprint density at radius 3 is 2.40 bits per heavy atom. The molecular weight excluding hydrogens is 515 g/mol. The minimum absolute atomic E-state index is 0.0590. The molecule has 0 unspecified atom stereocenters. The van der Waals surface area contributed by atoms with E-state index in [1.807, 2.05) is 23.1 Å². The van der Waals surface area contributed by atoms with Crippen LogP contribution in [-0.2, 0) is 27.2 Å². The van der Waals surface area contributed by atoms with Crippen LogP contribution >= 0.6 is 15.9 Å². The summed E-state index contributed by atoms with van der Waals surface area (Å²) in [5.41, 5.74) is 1.89. The van der Waals surface area contributed by atoms with Gasteiger partial charge in [-0.15, -0.1) is 0 Å². The van der Waals surface area contributed by atoms with E-state index in [0.29, 0.717) is 24.4 Å². The largest absolute Gasteiger partial charge is 0.483 e. The van der Waals surface area contributed by atoms with E-state index in [1.54, 1.807) is 12.1 Å². The predicted octanol–water partition coefficient (Wildman–Crippen LogP) is 4.24. The second-order valence-corrected chi connectivity index (χ2v) is 10.5. The fourth-order valence-corrected chi connectivity index (χ4v) is 5.36. The van der Waals surface area contributed by atoms with E-state index in [2.05, 4.69) is 20.8 Å². The summed E-state index contributed by atoms with van der Waals surface area (Å²) in [4.78, 5) is 29.1. The van der Waals surface area contributed by atoms with Gasteiger partial charge in [-0.05, 0) is 80.1 Å². The molecule has 4 rings (SSSR count). The highest BCUT2D eigenvalue weighted by Crippen LogP contribution is 2.37. The lowest BCUT2D eigenvalue weighted by Crippen LogP contribution is -2.52. The van der Waals surface area contributed by atoms with E-state index in [-0.39, 0.29) is 36.1 Å². The highest BCUT2D eigenvalue weighted by Gasteiger charge is 2.38. The molecule has 2 aromatic carbocycles. The average Bonchev–Trinajstić information content (AvgIpc) is 2.83. The number of hydrogen-bond acceptors (Lipinski definition) is 5. The molecule has 2 heterocycles. The summed E-state index contributed by atoms with van der Waals surface area (Å²) in [5, 5.41) is 0. The molecule has 35 heavy (non-hydrogen) atoms. The molecule has 0 aromatic heterocycles. The fraction of sp³-hybridized carbons (Fsp3) is 0.481. The van der Waals surface area contributed by atoms with E-state index in [9.17, 15) is 14.0 Å². The summed E-state index contributed by atoms with van der Waals surface area (Å²) in [7, 11) is 1.35. The van der Waals surface area contributed by atoms with Crippen LogP contribution in [0.4, 0.5) is 4.39 Å². The van der Waals surface area contributed by atoms with E-state index in [0.717, 1.165) is 48.9 Å². The number of nitrogens with zero attached hydrogens (tertiary/aromatic N) is 2. The molecule has 6 nitrogen and oxygen atoms in total. The van der Waals surface area contributed by atoms with Gasteiger partial charge in [0, 0.05) is 29.7 Å². The molecule has 0 aliphatic carbocycles. The van der Waals surface area contributed by atoms with Crippen molar-refractivity contribution in [2.75, 3.05) is 46.4 Å². The third-order valence-electron chi connectivity index (χ3n) is 7.11. The fourth-order valence-electron chi connectivity index (χ4n) is 4.96. The predicted molar refractivity (Wildman–Crippen MR) is 135 cm³/mol. The van der Waals surface area contributed by atoms with Crippen molar-refractivity contribution < 1.29 is 23.5 Å². The molecule has 1 amide bonds. The number of benzene rings is 2. The van der Waals surface area contributed by atoms with Gasteiger partial charge >= 0.3 is 5.97 Å². The molecule has 2 fully saturated rings. The Kier molecular flexibility index (Phi) is 8.44. The monoisotopic (exact) mass is 546 g/mol. The van der Waals surface area contributed by atoms with Gasteiger partial charge in [0.2, 0.25) is 0 Å². The topological polar surface area (TPSA) is 59.1 Å². The van der Waals surface area contributed by atoms with Crippen molar-refractivity contribution in [2.24, 2.45) is 5.41 Å². The molecular formula is C27H32BrFN2O4. The van der Waals surface area contributed by atoms with Crippen molar-refractivity contribution in [3.05, 3.63) is 63.9 Å². The third kappa shape index (κ3) is 6.82. The Hall–Kier alpha value is -2.45. The Balaban J connectivity index is 1.36. The summed E-state index contributed by atoms with van der Waals surface area (Å²) >= 11 is 3.41. The number of hydrogen-bond donors (Lipinski definition) is 0. The first-order chi connectivity index (χ1) is 16.9. The summed E-state index contributed by atoms with van der Waals surface area (Å²) in [5.74, 6) is -0.134. The maximum atomic E-state index is 13.4. The van der Waals surface area contributed by atoms with Crippen molar-refractivity contribution in [3.8, 4) is 5.75 Å². The molecule has 0 saturated carbocycles. The molecule has 2 aromatic rings. The number of ether oxygens (including phenoxy) is 2. The van der Waals surface area contributed by atoms with Crippen LogP contribution in [0, 0.1) is 11.2 Å². The van der Waals surface area contributed by atoms with Crippen LogP contribution in [0.15, 0.2) is 46.9 Å². The van der Waals surface area contributed by atoms with Crippen LogP contribution in [0.25, 0.3) is 0 Å². The number of esters is 1. The van der Waals surface area contributed by atoms with Crippen LogP contribution in [-0.4, -0.2) is 68.1 Å². The normalized spacial score (nSPS) is 17.5. The summed E-state index contributed by atoms with van der Waals surface area (Å²) in [6.45, 7) is 4.54. The summed E-state index contributed by atoms with van der Waals surface area (Å²) in [6.07, 6.45) is 4.00. The molecule has 188 valence electrons. The first-order valence-corrected chi connectivity index (χ1v) is 12.9. The SMILES string of the molecule is COC(=O)Cc1cc(Br)ccc1OCC(=O)N1CCC(Cc2ccc(F)cc2)(CN2CCC2)CC1. The quantitative estimate of drug-likeness (QED) is 0.440. The minimum atomic E-state index is -0.366. The van der Waals surface area contributed by atoms with E-state index < -0.39 is 0 Å². The van der Waals surface area contributed by atoms with Crippen LogP contribution in [0.2, 0.25) is 0 Å². The number of carbonyl (C=O) groups excluding carboxylic acids is 2. The van der Waals surface area contributed by atoms with Gasteiger partial charge in [-0.1, -0.05) is 28.1 Å². The van der Waals surface area contributed by atoms with Crippen LogP contribution in [0.3, 0.4) is 0 Å². The second kappa shape index (κ2) is 11.5. The zero-order valence-electron chi connectivity index (χ0n) is 20.1. The number of methoxy groups -OCH3 is 1. The van der Waals surface area contributed by atoms with Gasteiger partial charge in [0.05, 0.1) is 13.5 Å². The molecule has 0 bridgehead atoms. The van der Waals surface area contributed by atoms with Crippen molar-refractivity contribution in [2.45, 2.75) is 32.1 Å². The standard InChI is InChI=1S/C27H32BrFN2O4/c1-34-26(33)16-21-15-22(28)5-8-24(21)35-18-25(32)31-13-9-27(10-14-31,19-30-11-2-12-30)17-20-3-6-23(29)7-4-20/h3-8,15H,2,9-14,16-19H2,1H3. The molecule has 0 spiro atoms. The number of rotatable bonds is 9. The smallest absolute Gasteiger partial charge is 0.310 e. The molecule has 2 aliphatic rings. The summed E-state index contributed by atoms with van der Waals surface area (Å²) in [6, 6.07) is 12.2. The van der Waals surface area contributed by atoms with Crippen LogP contribution in [0.5, 0.6) is 5.75 Å². The number of carbonyl (C=O) groups is 2. The average molecular weight is 547 g/mol. The lowest BCUT2D eigenvalue weighted by atomic mass is 9.73. The van der Waals surface area contributed by atoms with Gasteiger partial charge in [0.1, 0.15) is 11.6 Å². The molecule has 0 radical (unpaired) electrons. The zero-order chi connectivity index (χ0) is 24.8. The maximum absolute atomic E-state index is 13.4. The molecule has 0 atom stereocenters. The molecule has 0 N–H and O–H groups in total. The maximum Gasteiger partial charge on any atom is 0.310 e. The number of amides is 1. The van der Waals surface area contributed by atoms with Crippen molar-refractivity contribution in [3.63, 3.8) is 0 Å². The number of halogens is 2. The van der Waals surface area contributed by atoms with Crippen molar-refractivity contribution in [1.82, 2.24) is 9.80 Å². The molecule has 2 aliphatic heterocycles. The lowest BCUT2D eigenvalue weighted by molar-refractivity contribution is -0.139. The van der Waals surface area contributed by atoms with E-state index >= 15 is 0 Å². The van der Waals surface area contributed by atoms with Gasteiger partial charge < -0.3 is 19.3 Å². The van der Waals surface area contributed by atoms with Gasteiger partial charge in [-0.25, -0.2) is 4.39 Å². The van der Waals surface area contributed by atoms with Gasteiger partial charge in [-0.3, -0.25) is 9.59 Å². The van der Waals surface area contributed by atoms with Crippen LogP contribution in [0.1, 0.15) is 30.4 Å². The molecule has 2 saturated heterocycles. The Morgan fingerprint density at radius 1 is 1.06 bits per heavy atom. The van der Waals surface area contributed by atoms with E-state index in [1.165, 1.54) is 25.7 Å². The molecule has 8 heteroatoms. The van der Waals surface area contributed by atoms with Gasteiger partial charge in [0.15, 0.2) is 6.61 Å². The first-order valence-electron chi connectivity index (χ1n) is 12.1. The second-order valence-electron chi connectivity index (χ2n) is 9.61. The van der Waals surface area contributed by atoms with Crippen molar-refractivity contribution in [1.29, 1.82) is 0 Å². The lowest BCUT2D eigenvalue weighted by Gasteiger charge is -2.46. The van der Waals surface area contributed by atoms with E-state index in [4.69, 9.17) is 9.47 Å². The number of piperidine rings is 1.